The smallest absolute Gasteiger partial charge is 0.335 e. The lowest BCUT2D eigenvalue weighted by atomic mass is 10.2. The molecule has 20 heavy (non-hydrogen) atoms. The lowest BCUT2D eigenvalue weighted by Crippen LogP contribution is -2.33. The zero-order valence-corrected chi connectivity index (χ0v) is 10.2. The van der Waals surface area contributed by atoms with Crippen LogP contribution in [0.5, 0.6) is 5.75 Å². The molecule has 0 unspecified atom stereocenters. The summed E-state index contributed by atoms with van der Waals surface area (Å²) in [4.78, 5) is 10.7. The van der Waals surface area contributed by atoms with Crippen molar-refractivity contribution in [3.8, 4) is 5.75 Å². The normalized spacial score (nSPS) is 11.7. The summed E-state index contributed by atoms with van der Waals surface area (Å²) < 4.78 is 57.9. The van der Waals surface area contributed by atoms with Crippen LogP contribution in [-0.2, 0) is 4.74 Å². The summed E-state index contributed by atoms with van der Waals surface area (Å²) >= 11 is 0. The predicted molar refractivity (Wildman–Crippen MR) is 60.7 cm³/mol. The van der Waals surface area contributed by atoms with Gasteiger partial charge in [-0.1, -0.05) is 6.07 Å². The van der Waals surface area contributed by atoms with Gasteiger partial charge in [-0.15, -0.1) is 0 Å². The highest BCUT2D eigenvalue weighted by atomic mass is 19.3. The minimum Gasteiger partial charge on any atom is -0.491 e. The zero-order chi connectivity index (χ0) is 15.2. The highest BCUT2D eigenvalue weighted by molar-refractivity contribution is 5.87. The number of hydrogen-bond acceptors (Lipinski definition) is 3. The van der Waals surface area contributed by atoms with Crippen LogP contribution in [0.15, 0.2) is 24.3 Å². The molecule has 1 N–H and O–H groups in total. The number of aromatic carboxylic acids is 1. The molecule has 0 saturated heterocycles. The van der Waals surface area contributed by atoms with Gasteiger partial charge in [0, 0.05) is 0 Å². The number of alkyl halides is 4. The van der Waals surface area contributed by atoms with Crippen LogP contribution in [-0.4, -0.2) is 43.2 Å². The predicted octanol–water partition coefficient (Wildman–Crippen LogP) is 2.68. The number of rotatable bonds is 8. The Morgan fingerprint density at radius 2 is 2.00 bits per heavy atom. The maximum Gasteiger partial charge on any atom is 0.335 e. The van der Waals surface area contributed by atoms with Gasteiger partial charge in [0.2, 0.25) is 0 Å². The fraction of sp³-hybridized carbons (Fsp3) is 0.417. The molecule has 0 aliphatic carbocycles. The first-order chi connectivity index (χ1) is 9.33. The maximum absolute atomic E-state index is 12.5. The highest BCUT2D eigenvalue weighted by Gasteiger charge is 2.40. The van der Waals surface area contributed by atoms with Crippen LogP contribution in [0.1, 0.15) is 10.4 Å². The fourth-order valence-corrected chi connectivity index (χ4v) is 1.21. The van der Waals surface area contributed by atoms with Gasteiger partial charge >= 0.3 is 18.3 Å². The largest absolute Gasteiger partial charge is 0.491 e. The molecule has 4 nitrogen and oxygen atoms in total. The SMILES string of the molecule is O=C(O)c1cccc(OCCOCC(F)(F)C(F)F)c1. The second-order valence-electron chi connectivity index (χ2n) is 3.80. The first-order valence-electron chi connectivity index (χ1n) is 5.53. The van der Waals surface area contributed by atoms with Crippen LogP contribution in [0.4, 0.5) is 17.6 Å². The van der Waals surface area contributed by atoms with Gasteiger partial charge in [-0.05, 0) is 18.2 Å². The molecule has 0 spiro atoms. The Bertz CT molecular complexity index is 451. The highest BCUT2D eigenvalue weighted by Crippen LogP contribution is 2.22. The van der Waals surface area contributed by atoms with Gasteiger partial charge in [-0.2, -0.15) is 8.78 Å². The standard InChI is InChI=1S/C12H12F4O4/c13-11(14)12(15,16)7-19-4-5-20-9-3-1-2-8(6-9)10(17)18/h1-3,6,11H,4-5,7H2,(H,17,18). The van der Waals surface area contributed by atoms with Crippen molar-refractivity contribution in [2.24, 2.45) is 0 Å². The Hall–Kier alpha value is -1.83. The third kappa shape index (κ3) is 5.04. The molecule has 1 aromatic rings. The Kier molecular flexibility index (Phi) is 5.75. The molecule has 0 fully saturated rings. The molecule has 0 amide bonds. The van der Waals surface area contributed by atoms with Gasteiger partial charge in [0.15, 0.2) is 0 Å². The van der Waals surface area contributed by atoms with E-state index in [1.807, 2.05) is 0 Å². The molecule has 0 radical (unpaired) electrons. The second-order valence-corrected chi connectivity index (χ2v) is 3.80. The molecular formula is C12H12F4O4. The number of carboxylic acids is 1. The average molecular weight is 296 g/mol. The Balaban J connectivity index is 2.31. The summed E-state index contributed by atoms with van der Waals surface area (Å²) in [6.07, 6.45) is -3.78. The van der Waals surface area contributed by atoms with Crippen molar-refractivity contribution in [1.29, 1.82) is 0 Å². The number of hydrogen-bond donors (Lipinski definition) is 1. The van der Waals surface area contributed by atoms with Crippen LogP contribution in [0, 0.1) is 0 Å². The van der Waals surface area contributed by atoms with Crippen LogP contribution in [0.3, 0.4) is 0 Å². The van der Waals surface area contributed by atoms with Gasteiger partial charge in [0.05, 0.1) is 12.2 Å². The summed E-state index contributed by atoms with van der Waals surface area (Å²) in [6, 6.07) is 5.52. The summed E-state index contributed by atoms with van der Waals surface area (Å²) in [5.74, 6) is -5.11. The van der Waals surface area contributed by atoms with Crippen molar-refractivity contribution in [2.75, 3.05) is 19.8 Å². The van der Waals surface area contributed by atoms with Crippen LogP contribution in [0.25, 0.3) is 0 Å². The molecule has 1 aromatic carbocycles. The first kappa shape index (κ1) is 16.2. The number of benzene rings is 1. The number of halogens is 4. The van der Waals surface area contributed by atoms with Crippen molar-refractivity contribution < 1.29 is 36.9 Å². The second kappa shape index (κ2) is 7.09. The minimum atomic E-state index is -4.19. The lowest BCUT2D eigenvalue weighted by molar-refractivity contribution is -0.166. The number of ether oxygens (including phenoxy) is 2. The zero-order valence-electron chi connectivity index (χ0n) is 10.2. The van der Waals surface area contributed by atoms with E-state index in [1.54, 1.807) is 0 Å². The van der Waals surface area contributed by atoms with Crippen molar-refractivity contribution in [2.45, 2.75) is 12.3 Å². The number of carboxylic acid groups (broad SMARTS) is 1. The monoisotopic (exact) mass is 296 g/mol. The van der Waals surface area contributed by atoms with Crippen LogP contribution < -0.4 is 4.74 Å². The maximum atomic E-state index is 12.5. The topological polar surface area (TPSA) is 55.8 Å². The third-order valence-corrected chi connectivity index (χ3v) is 2.19. The Labute approximate surface area is 111 Å². The van der Waals surface area contributed by atoms with Crippen molar-refractivity contribution >= 4 is 5.97 Å². The molecule has 1 rings (SSSR count). The van der Waals surface area contributed by atoms with E-state index in [0.29, 0.717) is 0 Å². The molecule has 0 atom stereocenters. The average Bonchev–Trinajstić information content (AvgIpc) is 2.38. The fourth-order valence-electron chi connectivity index (χ4n) is 1.21. The van der Waals surface area contributed by atoms with E-state index >= 15 is 0 Å². The molecule has 0 bridgehead atoms. The van der Waals surface area contributed by atoms with Crippen molar-refractivity contribution in [3.63, 3.8) is 0 Å². The number of carbonyl (C=O) groups is 1. The Morgan fingerprint density at radius 1 is 1.30 bits per heavy atom. The van der Waals surface area contributed by atoms with Gasteiger partial charge in [0.25, 0.3) is 0 Å². The molecular weight excluding hydrogens is 284 g/mol. The van der Waals surface area contributed by atoms with Gasteiger partial charge in [-0.3, -0.25) is 0 Å². The van der Waals surface area contributed by atoms with Crippen LogP contribution in [0.2, 0.25) is 0 Å². The Morgan fingerprint density at radius 3 is 2.60 bits per heavy atom. The summed E-state index contributed by atoms with van der Waals surface area (Å²) in [6.45, 7) is -1.88. The molecule has 0 aromatic heterocycles. The van der Waals surface area contributed by atoms with Gasteiger partial charge in [0.1, 0.15) is 19.0 Å². The van der Waals surface area contributed by atoms with Crippen LogP contribution >= 0.6 is 0 Å². The summed E-state index contributed by atoms with van der Waals surface area (Å²) in [7, 11) is 0. The van der Waals surface area contributed by atoms with E-state index in [9.17, 15) is 22.4 Å². The molecule has 8 heteroatoms. The van der Waals surface area contributed by atoms with E-state index in [4.69, 9.17) is 9.84 Å². The van der Waals surface area contributed by atoms with E-state index in [1.165, 1.54) is 24.3 Å². The summed E-state index contributed by atoms with van der Waals surface area (Å²) in [5, 5.41) is 8.73. The molecule has 0 saturated carbocycles. The molecule has 0 aliphatic rings. The molecule has 0 heterocycles. The molecule has 112 valence electrons. The third-order valence-electron chi connectivity index (χ3n) is 2.19. The van der Waals surface area contributed by atoms with Gasteiger partial charge < -0.3 is 14.6 Å². The van der Waals surface area contributed by atoms with Gasteiger partial charge in [-0.25, -0.2) is 13.6 Å². The van der Waals surface area contributed by atoms with E-state index < -0.39 is 24.9 Å². The minimum absolute atomic E-state index is 0.00709. The first-order valence-corrected chi connectivity index (χ1v) is 5.53. The lowest BCUT2D eigenvalue weighted by Gasteiger charge is -2.15. The van der Waals surface area contributed by atoms with E-state index in [-0.39, 0.29) is 24.5 Å². The van der Waals surface area contributed by atoms with E-state index in [2.05, 4.69) is 4.74 Å². The van der Waals surface area contributed by atoms with E-state index in [0.717, 1.165) is 0 Å². The quantitative estimate of drug-likeness (QED) is 0.592. The van der Waals surface area contributed by atoms with Crippen molar-refractivity contribution in [3.05, 3.63) is 29.8 Å². The van der Waals surface area contributed by atoms with Crippen molar-refractivity contribution in [1.82, 2.24) is 0 Å². The molecule has 0 aliphatic heterocycles. The summed E-state index contributed by atoms with van der Waals surface area (Å²) in [5.41, 5.74) is 0.00709.